The van der Waals surface area contributed by atoms with Crippen molar-refractivity contribution in [3.8, 4) is 0 Å². The van der Waals surface area contributed by atoms with Crippen molar-refractivity contribution in [2.24, 2.45) is 7.05 Å². The fraction of sp³-hybridized carbons (Fsp3) is 0.353. The second kappa shape index (κ2) is 6.82. The first kappa shape index (κ1) is 18.0. The predicted molar refractivity (Wildman–Crippen MR) is 97.5 cm³/mol. The molecule has 0 radical (unpaired) electrons. The molecule has 1 aliphatic heterocycles. The van der Waals surface area contributed by atoms with Gasteiger partial charge in [-0.1, -0.05) is 17.7 Å². The Bertz CT molecular complexity index is 915. The Morgan fingerprint density at radius 1 is 1.20 bits per heavy atom. The molecule has 1 saturated heterocycles. The summed E-state index contributed by atoms with van der Waals surface area (Å²) >= 11 is 5.97. The number of aromatic nitrogens is 1. The molecular formula is C17H20ClN3O3S. The highest BCUT2D eigenvalue weighted by molar-refractivity contribution is 7.89. The van der Waals surface area contributed by atoms with E-state index in [1.165, 1.54) is 21.1 Å². The van der Waals surface area contributed by atoms with Gasteiger partial charge in [-0.05, 0) is 43.5 Å². The fourth-order valence-corrected chi connectivity index (χ4v) is 4.65. The molecule has 0 saturated carbocycles. The molecular weight excluding hydrogens is 362 g/mol. The number of amides is 1. The molecule has 0 bridgehead atoms. The SMILES string of the molecule is Cc1ccc(Cl)cc1NC(=O)c1cc(S(=O)(=O)N2CCCC2)cn1C. The molecule has 2 heterocycles. The topological polar surface area (TPSA) is 71.4 Å². The van der Waals surface area contributed by atoms with E-state index in [0.29, 0.717) is 23.8 Å². The van der Waals surface area contributed by atoms with Crippen LogP contribution in [0, 0.1) is 6.92 Å². The smallest absolute Gasteiger partial charge is 0.272 e. The van der Waals surface area contributed by atoms with E-state index < -0.39 is 10.0 Å². The zero-order valence-electron chi connectivity index (χ0n) is 14.1. The molecule has 1 aliphatic rings. The number of nitrogens with zero attached hydrogens (tertiary/aromatic N) is 2. The molecule has 1 aromatic heterocycles. The Hall–Kier alpha value is -1.83. The number of aryl methyl sites for hydroxylation is 2. The number of nitrogens with one attached hydrogen (secondary N) is 1. The van der Waals surface area contributed by atoms with Crippen molar-refractivity contribution in [2.45, 2.75) is 24.7 Å². The van der Waals surface area contributed by atoms with Crippen LogP contribution in [0.2, 0.25) is 5.02 Å². The van der Waals surface area contributed by atoms with Crippen LogP contribution in [0.1, 0.15) is 28.9 Å². The molecule has 134 valence electrons. The minimum Gasteiger partial charge on any atom is -0.345 e. The molecule has 6 nitrogen and oxygen atoms in total. The fourth-order valence-electron chi connectivity index (χ4n) is 2.89. The highest BCUT2D eigenvalue weighted by Gasteiger charge is 2.29. The van der Waals surface area contributed by atoms with Crippen molar-refractivity contribution in [3.63, 3.8) is 0 Å². The van der Waals surface area contributed by atoms with E-state index in [0.717, 1.165) is 18.4 Å². The number of halogens is 1. The third-order valence-electron chi connectivity index (χ3n) is 4.36. The molecule has 25 heavy (non-hydrogen) atoms. The first-order valence-electron chi connectivity index (χ1n) is 8.03. The number of carbonyl (C=O) groups is 1. The van der Waals surface area contributed by atoms with Crippen LogP contribution in [0.4, 0.5) is 5.69 Å². The summed E-state index contributed by atoms with van der Waals surface area (Å²) < 4.78 is 28.3. The van der Waals surface area contributed by atoms with E-state index in [-0.39, 0.29) is 16.5 Å². The van der Waals surface area contributed by atoms with Gasteiger partial charge in [0, 0.05) is 37.0 Å². The van der Waals surface area contributed by atoms with Crippen molar-refractivity contribution >= 4 is 33.2 Å². The van der Waals surface area contributed by atoms with Gasteiger partial charge in [0.05, 0.1) is 0 Å². The number of hydrogen-bond acceptors (Lipinski definition) is 3. The molecule has 0 spiro atoms. The minimum atomic E-state index is -3.55. The number of anilines is 1. The average molecular weight is 382 g/mol. The molecule has 1 amide bonds. The molecule has 0 unspecified atom stereocenters. The Balaban J connectivity index is 1.87. The van der Waals surface area contributed by atoms with Crippen molar-refractivity contribution < 1.29 is 13.2 Å². The summed E-state index contributed by atoms with van der Waals surface area (Å²) in [5.74, 6) is -0.379. The van der Waals surface area contributed by atoms with Gasteiger partial charge in [-0.15, -0.1) is 0 Å². The van der Waals surface area contributed by atoms with Gasteiger partial charge in [0.2, 0.25) is 10.0 Å². The average Bonchev–Trinajstić information content (AvgIpc) is 3.21. The van der Waals surface area contributed by atoms with Crippen LogP contribution in [0.15, 0.2) is 35.4 Å². The standard InChI is InChI=1S/C17H20ClN3O3S/c1-12-5-6-13(18)9-15(12)19-17(22)16-10-14(11-20(16)2)25(23,24)21-7-3-4-8-21/h5-6,9-11H,3-4,7-8H2,1-2H3,(H,19,22). The maximum Gasteiger partial charge on any atom is 0.272 e. The normalized spacial score (nSPS) is 15.5. The van der Waals surface area contributed by atoms with Gasteiger partial charge in [0.25, 0.3) is 5.91 Å². The van der Waals surface area contributed by atoms with Gasteiger partial charge < -0.3 is 9.88 Å². The van der Waals surface area contributed by atoms with E-state index in [9.17, 15) is 13.2 Å². The molecule has 1 aromatic carbocycles. The van der Waals surface area contributed by atoms with Gasteiger partial charge in [0.1, 0.15) is 10.6 Å². The van der Waals surface area contributed by atoms with Crippen LogP contribution in [-0.4, -0.2) is 36.3 Å². The Kier molecular flexibility index (Phi) is 4.90. The van der Waals surface area contributed by atoms with Gasteiger partial charge in [-0.3, -0.25) is 4.79 Å². The van der Waals surface area contributed by atoms with Crippen molar-refractivity contribution in [1.29, 1.82) is 0 Å². The third kappa shape index (κ3) is 3.58. The summed E-state index contributed by atoms with van der Waals surface area (Å²) in [5.41, 5.74) is 1.75. The van der Waals surface area contributed by atoms with Crippen LogP contribution in [-0.2, 0) is 17.1 Å². The van der Waals surface area contributed by atoms with Crippen molar-refractivity contribution in [2.75, 3.05) is 18.4 Å². The van der Waals surface area contributed by atoms with E-state index in [1.54, 1.807) is 19.2 Å². The molecule has 1 fully saturated rings. The van der Waals surface area contributed by atoms with E-state index in [2.05, 4.69) is 5.32 Å². The maximum absolute atomic E-state index is 12.6. The van der Waals surface area contributed by atoms with Crippen LogP contribution < -0.4 is 5.32 Å². The summed E-state index contributed by atoms with van der Waals surface area (Å²) in [6, 6.07) is 6.64. The lowest BCUT2D eigenvalue weighted by Gasteiger charge is -2.13. The van der Waals surface area contributed by atoms with E-state index in [4.69, 9.17) is 11.6 Å². The monoisotopic (exact) mass is 381 g/mol. The van der Waals surface area contributed by atoms with Crippen molar-refractivity contribution in [1.82, 2.24) is 8.87 Å². The lowest BCUT2D eigenvalue weighted by Crippen LogP contribution is -2.27. The zero-order chi connectivity index (χ0) is 18.2. The zero-order valence-corrected chi connectivity index (χ0v) is 15.7. The minimum absolute atomic E-state index is 0.143. The Morgan fingerprint density at radius 3 is 2.56 bits per heavy atom. The number of benzene rings is 1. The van der Waals surface area contributed by atoms with Crippen LogP contribution >= 0.6 is 11.6 Å². The van der Waals surface area contributed by atoms with Crippen LogP contribution in [0.3, 0.4) is 0 Å². The first-order chi connectivity index (χ1) is 11.8. The molecule has 0 atom stereocenters. The lowest BCUT2D eigenvalue weighted by molar-refractivity contribution is 0.101. The highest BCUT2D eigenvalue weighted by atomic mass is 35.5. The Labute approximate surface area is 152 Å². The van der Waals surface area contributed by atoms with E-state index in [1.807, 2.05) is 13.0 Å². The summed E-state index contributed by atoms with van der Waals surface area (Å²) in [6.45, 7) is 2.92. The number of rotatable bonds is 4. The molecule has 0 aliphatic carbocycles. The van der Waals surface area contributed by atoms with Gasteiger partial charge in [-0.25, -0.2) is 8.42 Å². The van der Waals surface area contributed by atoms with Gasteiger partial charge in [-0.2, -0.15) is 4.31 Å². The third-order valence-corrected chi connectivity index (χ3v) is 6.46. The van der Waals surface area contributed by atoms with E-state index >= 15 is 0 Å². The second-order valence-corrected chi connectivity index (χ2v) is 8.57. The summed E-state index contributed by atoms with van der Waals surface area (Å²) in [7, 11) is -1.89. The number of hydrogen-bond donors (Lipinski definition) is 1. The van der Waals surface area contributed by atoms with Crippen LogP contribution in [0.5, 0.6) is 0 Å². The Morgan fingerprint density at radius 2 is 1.88 bits per heavy atom. The second-order valence-electron chi connectivity index (χ2n) is 6.20. The quantitative estimate of drug-likeness (QED) is 0.884. The molecule has 8 heteroatoms. The lowest BCUT2D eigenvalue weighted by atomic mass is 10.2. The van der Waals surface area contributed by atoms with Crippen LogP contribution in [0.25, 0.3) is 0 Å². The van der Waals surface area contributed by atoms with Crippen molar-refractivity contribution in [3.05, 3.63) is 46.7 Å². The van der Waals surface area contributed by atoms with Gasteiger partial charge >= 0.3 is 0 Å². The summed E-state index contributed by atoms with van der Waals surface area (Å²) in [6.07, 6.45) is 3.22. The summed E-state index contributed by atoms with van der Waals surface area (Å²) in [5, 5.41) is 3.31. The summed E-state index contributed by atoms with van der Waals surface area (Å²) in [4.78, 5) is 12.7. The molecule has 3 rings (SSSR count). The van der Waals surface area contributed by atoms with Gasteiger partial charge in [0.15, 0.2) is 0 Å². The molecule has 1 N–H and O–H groups in total. The molecule has 2 aromatic rings. The number of sulfonamides is 1. The maximum atomic E-state index is 12.6. The first-order valence-corrected chi connectivity index (χ1v) is 9.85. The largest absolute Gasteiger partial charge is 0.345 e. The highest BCUT2D eigenvalue weighted by Crippen LogP contribution is 2.24. The predicted octanol–water partition coefficient (Wildman–Crippen LogP) is 3.02. The number of carbonyl (C=O) groups excluding carboxylic acids is 1.